The molecule has 8 heteroatoms. The van der Waals surface area contributed by atoms with Crippen LogP contribution in [0.1, 0.15) is 23.2 Å². The van der Waals surface area contributed by atoms with E-state index in [1.807, 2.05) is 18.2 Å². The quantitative estimate of drug-likeness (QED) is 0.341. The molecule has 0 aliphatic carbocycles. The fourth-order valence-corrected chi connectivity index (χ4v) is 3.48. The Morgan fingerprint density at radius 1 is 1.11 bits per heavy atom. The lowest BCUT2D eigenvalue weighted by Crippen LogP contribution is -2.33. The molecule has 1 aliphatic heterocycles. The van der Waals surface area contributed by atoms with Gasteiger partial charge in [-0.05, 0) is 63.4 Å². The van der Waals surface area contributed by atoms with Crippen molar-refractivity contribution in [3.8, 4) is 0 Å². The topological polar surface area (TPSA) is 87.5 Å². The van der Waals surface area contributed by atoms with E-state index in [2.05, 4.69) is 22.6 Å². The highest BCUT2D eigenvalue weighted by molar-refractivity contribution is 7.80. The fourth-order valence-electron chi connectivity index (χ4n) is 3.25. The SMILES string of the molecule is CN1CCC(C(=O)c2cccc(NC(=S)Nc3cccc([N+](=O)[O-])c3)c2)CC1. The minimum absolute atomic E-state index is 0.0153. The lowest BCUT2D eigenvalue weighted by atomic mass is 9.89. The molecule has 7 nitrogen and oxygen atoms in total. The smallest absolute Gasteiger partial charge is 0.271 e. The highest BCUT2D eigenvalue weighted by atomic mass is 32.1. The maximum absolute atomic E-state index is 12.8. The Bertz CT molecular complexity index is 895. The van der Waals surface area contributed by atoms with Crippen LogP contribution < -0.4 is 10.6 Å². The van der Waals surface area contributed by atoms with Gasteiger partial charge in [-0.25, -0.2) is 0 Å². The number of nitrogens with one attached hydrogen (secondary N) is 2. The van der Waals surface area contributed by atoms with E-state index in [0.717, 1.165) is 25.9 Å². The Labute approximate surface area is 168 Å². The molecule has 3 rings (SSSR count). The molecule has 1 fully saturated rings. The average molecular weight is 398 g/mol. The molecule has 0 radical (unpaired) electrons. The van der Waals surface area contributed by atoms with Crippen LogP contribution in [0.25, 0.3) is 0 Å². The minimum atomic E-state index is -0.459. The Hall–Kier alpha value is -2.84. The van der Waals surface area contributed by atoms with Crippen LogP contribution in [0.5, 0.6) is 0 Å². The molecule has 2 aromatic rings. The van der Waals surface area contributed by atoms with Gasteiger partial charge in [0.2, 0.25) is 0 Å². The van der Waals surface area contributed by atoms with Crippen molar-refractivity contribution in [3.05, 3.63) is 64.2 Å². The first-order valence-electron chi connectivity index (χ1n) is 9.07. The zero-order valence-corrected chi connectivity index (χ0v) is 16.4. The van der Waals surface area contributed by atoms with Gasteiger partial charge < -0.3 is 15.5 Å². The number of nitrogens with zero attached hydrogens (tertiary/aromatic N) is 2. The summed E-state index contributed by atoms with van der Waals surface area (Å²) >= 11 is 5.29. The van der Waals surface area contributed by atoms with E-state index in [4.69, 9.17) is 12.2 Å². The Morgan fingerprint density at radius 2 is 1.71 bits per heavy atom. The summed E-state index contributed by atoms with van der Waals surface area (Å²) in [6, 6.07) is 13.4. The number of benzene rings is 2. The highest BCUT2D eigenvalue weighted by Crippen LogP contribution is 2.23. The second-order valence-corrected chi connectivity index (χ2v) is 7.32. The zero-order chi connectivity index (χ0) is 20.1. The number of likely N-dealkylation sites (tertiary alicyclic amines) is 1. The van der Waals surface area contributed by atoms with Gasteiger partial charge in [-0.1, -0.05) is 18.2 Å². The summed E-state index contributed by atoms with van der Waals surface area (Å²) in [7, 11) is 2.07. The summed E-state index contributed by atoms with van der Waals surface area (Å²) in [6.07, 6.45) is 1.75. The first-order chi connectivity index (χ1) is 13.4. The number of nitro groups is 1. The number of carbonyl (C=O) groups is 1. The molecule has 2 aromatic carbocycles. The normalized spacial score (nSPS) is 15.0. The van der Waals surface area contributed by atoms with Gasteiger partial charge in [0.05, 0.1) is 4.92 Å². The van der Waals surface area contributed by atoms with E-state index in [0.29, 0.717) is 22.1 Å². The van der Waals surface area contributed by atoms with Crippen LogP contribution in [0.4, 0.5) is 17.1 Å². The molecule has 1 aliphatic rings. The first kappa shape index (κ1) is 19.9. The Kier molecular flexibility index (Phi) is 6.33. The molecule has 2 N–H and O–H groups in total. The average Bonchev–Trinajstić information content (AvgIpc) is 2.68. The maximum atomic E-state index is 12.8. The first-order valence-corrected chi connectivity index (χ1v) is 9.48. The van der Waals surface area contributed by atoms with Crippen molar-refractivity contribution in [1.29, 1.82) is 0 Å². The number of Topliss-reactive ketones (excluding diaryl/α,β-unsaturated/α-hetero) is 1. The third-order valence-corrected chi connectivity index (χ3v) is 5.01. The lowest BCUT2D eigenvalue weighted by Gasteiger charge is -2.28. The standard InChI is InChI=1S/C20H22N4O3S/c1-23-10-8-14(9-11-23)19(25)15-4-2-5-16(12-15)21-20(28)22-17-6-3-7-18(13-17)24(26)27/h2-7,12-14H,8-11H2,1H3,(H2,21,22,28). The maximum Gasteiger partial charge on any atom is 0.271 e. The van der Waals surface area contributed by atoms with Gasteiger partial charge in [0, 0.05) is 35.0 Å². The molecule has 0 bridgehead atoms. The molecule has 0 spiro atoms. The van der Waals surface area contributed by atoms with Crippen LogP contribution in [-0.4, -0.2) is 40.9 Å². The van der Waals surface area contributed by atoms with Crippen LogP contribution in [-0.2, 0) is 0 Å². The number of piperidine rings is 1. The molecule has 146 valence electrons. The molecule has 1 saturated heterocycles. The summed E-state index contributed by atoms with van der Waals surface area (Å²) in [4.78, 5) is 25.4. The number of rotatable bonds is 5. The fraction of sp³-hybridized carbons (Fsp3) is 0.300. The number of anilines is 2. The molecule has 0 unspecified atom stereocenters. The minimum Gasteiger partial charge on any atom is -0.332 e. The molecule has 0 saturated carbocycles. The number of nitro benzene ring substituents is 1. The number of hydrogen-bond acceptors (Lipinski definition) is 5. The van der Waals surface area contributed by atoms with E-state index in [1.165, 1.54) is 12.1 Å². The molecule has 0 amide bonds. The van der Waals surface area contributed by atoms with Crippen LogP contribution in [0, 0.1) is 16.0 Å². The summed E-state index contributed by atoms with van der Waals surface area (Å²) < 4.78 is 0. The number of hydrogen-bond donors (Lipinski definition) is 2. The van der Waals surface area contributed by atoms with Crippen LogP contribution in [0.15, 0.2) is 48.5 Å². The predicted molar refractivity (Wildman–Crippen MR) is 114 cm³/mol. The van der Waals surface area contributed by atoms with E-state index >= 15 is 0 Å². The predicted octanol–water partition coefficient (Wildman–Crippen LogP) is 3.93. The van der Waals surface area contributed by atoms with Gasteiger partial charge in [0.15, 0.2) is 10.9 Å². The largest absolute Gasteiger partial charge is 0.332 e. The zero-order valence-electron chi connectivity index (χ0n) is 15.6. The highest BCUT2D eigenvalue weighted by Gasteiger charge is 2.24. The third-order valence-electron chi connectivity index (χ3n) is 4.81. The van der Waals surface area contributed by atoms with Crippen molar-refractivity contribution in [2.45, 2.75) is 12.8 Å². The van der Waals surface area contributed by atoms with Gasteiger partial charge in [0.1, 0.15) is 0 Å². The van der Waals surface area contributed by atoms with Crippen molar-refractivity contribution in [2.75, 3.05) is 30.8 Å². The lowest BCUT2D eigenvalue weighted by molar-refractivity contribution is -0.384. The molecular formula is C20H22N4O3S. The number of ketones is 1. The van der Waals surface area contributed by atoms with Crippen molar-refractivity contribution in [2.24, 2.45) is 5.92 Å². The van der Waals surface area contributed by atoms with E-state index in [-0.39, 0.29) is 17.4 Å². The molecular weight excluding hydrogens is 376 g/mol. The summed E-state index contributed by atoms with van der Waals surface area (Å²) in [5.74, 6) is 0.218. The van der Waals surface area contributed by atoms with Gasteiger partial charge in [-0.15, -0.1) is 0 Å². The van der Waals surface area contributed by atoms with Crippen LogP contribution >= 0.6 is 12.2 Å². The van der Waals surface area contributed by atoms with Gasteiger partial charge in [0.25, 0.3) is 5.69 Å². The Morgan fingerprint density at radius 3 is 2.36 bits per heavy atom. The number of carbonyl (C=O) groups excluding carboxylic acids is 1. The van der Waals surface area contributed by atoms with Crippen LogP contribution in [0.3, 0.4) is 0 Å². The van der Waals surface area contributed by atoms with Gasteiger partial charge in [-0.2, -0.15) is 0 Å². The van der Waals surface area contributed by atoms with Crippen molar-refractivity contribution in [1.82, 2.24) is 4.90 Å². The molecule has 0 aromatic heterocycles. The molecule has 28 heavy (non-hydrogen) atoms. The third kappa shape index (κ3) is 5.11. The second kappa shape index (κ2) is 8.90. The number of thiocarbonyl (C=S) groups is 1. The second-order valence-electron chi connectivity index (χ2n) is 6.91. The number of non-ortho nitro benzene ring substituents is 1. The van der Waals surface area contributed by atoms with Crippen molar-refractivity contribution in [3.63, 3.8) is 0 Å². The Balaban J connectivity index is 1.64. The summed E-state index contributed by atoms with van der Waals surface area (Å²) in [6.45, 7) is 1.87. The van der Waals surface area contributed by atoms with Gasteiger partial charge >= 0.3 is 0 Å². The molecule has 1 heterocycles. The van der Waals surface area contributed by atoms with Crippen LogP contribution in [0.2, 0.25) is 0 Å². The van der Waals surface area contributed by atoms with Gasteiger partial charge in [-0.3, -0.25) is 14.9 Å². The van der Waals surface area contributed by atoms with Crippen molar-refractivity contribution < 1.29 is 9.72 Å². The van der Waals surface area contributed by atoms with E-state index in [1.54, 1.807) is 18.2 Å². The van der Waals surface area contributed by atoms with E-state index in [9.17, 15) is 14.9 Å². The van der Waals surface area contributed by atoms with E-state index < -0.39 is 4.92 Å². The monoisotopic (exact) mass is 398 g/mol. The van der Waals surface area contributed by atoms with Crippen molar-refractivity contribution >= 4 is 40.2 Å². The summed E-state index contributed by atoms with van der Waals surface area (Å²) in [5, 5.41) is 17.1. The molecule has 0 atom stereocenters. The summed E-state index contributed by atoms with van der Waals surface area (Å²) in [5.41, 5.74) is 1.86.